The van der Waals surface area contributed by atoms with Crippen LogP contribution in [0.2, 0.25) is 0 Å². The fourth-order valence-corrected chi connectivity index (χ4v) is 1.81. The highest BCUT2D eigenvalue weighted by atomic mass is 16.5. The van der Waals surface area contributed by atoms with Crippen LogP contribution < -0.4 is 10.5 Å². The predicted octanol–water partition coefficient (Wildman–Crippen LogP) is 3.84. The molecular formula is C15H26N2O. The fourth-order valence-electron chi connectivity index (χ4n) is 1.81. The van der Waals surface area contributed by atoms with Crippen LogP contribution in [-0.2, 0) is 0 Å². The monoisotopic (exact) mass is 250 g/mol. The van der Waals surface area contributed by atoms with Gasteiger partial charge in [-0.2, -0.15) is 0 Å². The number of nitrogens with two attached hydrogens (primary N) is 1. The van der Waals surface area contributed by atoms with Crippen LogP contribution in [0.4, 0.5) is 0 Å². The zero-order chi connectivity index (χ0) is 13.2. The molecule has 0 spiro atoms. The first-order chi connectivity index (χ1) is 8.74. The van der Waals surface area contributed by atoms with E-state index in [-0.39, 0.29) is 6.04 Å². The van der Waals surface area contributed by atoms with Gasteiger partial charge in [-0.15, -0.1) is 0 Å². The molecule has 0 saturated heterocycles. The minimum absolute atomic E-state index is 0.0325. The lowest BCUT2D eigenvalue weighted by Gasteiger charge is -2.07. The number of ether oxygens (including phenoxy) is 1. The Bertz CT molecular complexity index is 309. The van der Waals surface area contributed by atoms with Crippen LogP contribution >= 0.6 is 0 Å². The van der Waals surface area contributed by atoms with Crippen molar-refractivity contribution in [1.29, 1.82) is 0 Å². The Morgan fingerprint density at radius 1 is 1.17 bits per heavy atom. The Morgan fingerprint density at radius 2 is 1.89 bits per heavy atom. The van der Waals surface area contributed by atoms with Crippen LogP contribution in [0.5, 0.6) is 5.88 Å². The van der Waals surface area contributed by atoms with Crippen LogP contribution in [0.3, 0.4) is 0 Å². The predicted molar refractivity (Wildman–Crippen MR) is 75.7 cm³/mol. The first kappa shape index (κ1) is 15.0. The van der Waals surface area contributed by atoms with E-state index >= 15 is 0 Å². The summed E-state index contributed by atoms with van der Waals surface area (Å²) in [5.74, 6) is 0.702. The molecule has 1 aromatic rings. The number of aromatic nitrogens is 1. The van der Waals surface area contributed by atoms with E-state index in [2.05, 4.69) is 11.9 Å². The molecule has 0 bridgehead atoms. The molecule has 3 heteroatoms. The molecule has 0 saturated carbocycles. The van der Waals surface area contributed by atoms with Gasteiger partial charge in [-0.25, -0.2) is 4.98 Å². The van der Waals surface area contributed by atoms with Gasteiger partial charge in [-0.1, -0.05) is 45.1 Å². The summed E-state index contributed by atoms with van der Waals surface area (Å²) in [6.07, 6.45) is 9.46. The van der Waals surface area contributed by atoms with Crippen molar-refractivity contribution in [3.05, 3.63) is 23.9 Å². The highest BCUT2D eigenvalue weighted by Gasteiger charge is 2.00. The van der Waals surface area contributed by atoms with Gasteiger partial charge < -0.3 is 10.5 Å². The largest absolute Gasteiger partial charge is 0.478 e. The summed E-state index contributed by atoms with van der Waals surface area (Å²) in [4.78, 5) is 4.24. The van der Waals surface area contributed by atoms with E-state index in [1.807, 2.05) is 19.1 Å². The molecule has 0 aliphatic heterocycles. The third-order valence-corrected chi connectivity index (χ3v) is 3.03. The SMILES string of the molecule is CCCCCCCCOc1ccc([C@@H](C)N)cn1. The average Bonchev–Trinajstić information content (AvgIpc) is 2.38. The van der Waals surface area contributed by atoms with E-state index in [4.69, 9.17) is 10.5 Å². The van der Waals surface area contributed by atoms with E-state index in [1.165, 1.54) is 32.1 Å². The molecular weight excluding hydrogens is 224 g/mol. The maximum atomic E-state index is 5.76. The molecule has 1 atom stereocenters. The third kappa shape index (κ3) is 6.01. The summed E-state index contributed by atoms with van der Waals surface area (Å²) in [7, 11) is 0. The van der Waals surface area contributed by atoms with Crippen molar-refractivity contribution in [3.8, 4) is 5.88 Å². The van der Waals surface area contributed by atoms with E-state index in [0.717, 1.165) is 18.6 Å². The Labute approximate surface area is 111 Å². The van der Waals surface area contributed by atoms with Crippen molar-refractivity contribution in [2.45, 2.75) is 58.4 Å². The maximum Gasteiger partial charge on any atom is 0.213 e. The molecule has 0 aliphatic rings. The molecule has 18 heavy (non-hydrogen) atoms. The second-order valence-electron chi connectivity index (χ2n) is 4.83. The molecule has 102 valence electrons. The highest BCUT2D eigenvalue weighted by molar-refractivity contribution is 5.19. The van der Waals surface area contributed by atoms with E-state index < -0.39 is 0 Å². The molecule has 0 unspecified atom stereocenters. The lowest BCUT2D eigenvalue weighted by molar-refractivity contribution is 0.293. The Hall–Kier alpha value is -1.09. The van der Waals surface area contributed by atoms with Crippen LogP contribution in [0, 0.1) is 0 Å². The lowest BCUT2D eigenvalue weighted by atomic mass is 10.1. The van der Waals surface area contributed by atoms with Crippen molar-refractivity contribution in [3.63, 3.8) is 0 Å². The topological polar surface area (TPSA) is 48.1 Å². The number of hydrogen-bond donors (Lipinski definition) is 1. The molecule has 1 aromatic heterocycles. The zero-order valence-corrected chi connectivity index (χ0v) is 11.7. The third-order valence-electron chi connectivity index (χ3n) is 3.03. The molecule has 0 aromatic carbocycles. The van der Waals surface area contributed by atoms with Crippen molar-refractivity contribution in [2.24, 2.45) is 5.73 Å². The van der Waals surface area contributed by atoms with E-state index in [9.17, 15) is 0 Å². The summed E-state index contributed by atoms with van der Waals surface area (Å²) in [5, 5.41) is 0. The molecule has 2 N–H and O–H groups in total. The Balaban J connectivity index is 2.12. The second-order valence-corrected chi connectivity index (χ2v) is 4.83. The molecule has 1 rings (SSSR count). The van der Waals surface area contributed by atoms with Crippen molar-refractivity contribution in [1.82, 2.24) is 4.98 Å². The van der Waals surface area contributed by atoms with Gasteiger partial charge in [0.25, 0.3) is 0 Å². The Morgan fingerprint density at radius 3 is 2.50 bits per heavy atom. The lowest BCUT2D eigenvalue weighted by Crippen LogP contribution is -2.06. The summed E-state index contributed by atoms with van der Waals surface area (Å²) >= 11 is 0. The number of hydrogen-bond acceptors (Lipinski definition) is 3. The number of nitrogens with zero attached hydrogens (tertiary/aromatic N) is 1. The summed E-state index contributed by atoms with van der Waals surface area (Å²) < 4.78 is 5.60. The zero-order valence-electron chi connectivity index (χ0n) is 11.7. The van der Waals surface area contributed by atoms with E-state index in [1.54, 1.807) is 6.20 Å². The molecule has 0 amide bonds. The van der Waals surface area contributed by atoms with Gasteiger partial charge in [-0.05, 0) is 18.9 Å². The standard InChI is InChI=1S/C15H26N2O/c1-3-4-5-6-7-8-11-18-15-10-9-14(12-17-15)13(2)16/h9-10,12-13H,3-8,11,16H2,1-2H3/t13-/m1/s1. The van der Waals surface area contributed by atoms with Crippen LogP contribution in [0.25, 0.3) is 0 Å². The van der Waals surface area contributed by atoms with Crippen LogP contribution in [0.1, 0.15) is 64.0 Å². The Kier molecular flexibility index (Phi) is 7.42. The smallest absolute Gasteiger partial charge is 0.213 e. The number of rotatable bonds is 9. The minimum atomic E-state index is 0.0325. The second kappa shape index (κ2) is 8.92. The van der Waals surface area contributed by atoms with Gasteiger partial charge in [-0.3, -0.25) is 0 Å². The van der Waals surface area contributed by atoms with Crippen molar-refractivity contribution >= 4 is 0 Å². The van der Waals surface area contributed by atoms with E-state index in [0.29, 0.717) is 5.88 Å². The van der Waals surface area contributed by atoms with Gasteiger partial charge in [0.05, 0.1) is 6.61 Å². The van der Waals surface area contributed by atoms with Crippen LogP contribution in [0.15, 0.2) is 18.3 Å². The molecule has 0 radical (unpaired) electrons. The molecule has 0 aliphatic carbocycles. The summed E-state index contributed by atoms with van der Waals surface area (Å²) in [6.45, 7) is 4.95. The summed E-state index contributed by atoms with van der Waals surface area (Å²) in [6, 6.07) is 3.91. The maximum absolute atomic E-state index is 5.76. The minimum Gasteiger partial charge on any atom is -0.478 e. The van der Waals surface area contributed by atoms with Crippen molar-refractivity contribution in [2.75, 3.05) is 6.61 Å². The van der Waals surface area contributed by atoms with Gasteiger partial charge in [0.1, 0.15) is 0 Å². The average molecular weight is 250 g/mol. The first-order valence-electron chi connectivity index (χ1n) is 7.08. The molecule has 3 nitrogen and oxygen atoms in total. The number of pyridine rings is 1. The van der Waals surface area contributed by atoms with Gasteiger partial charge in [0.2, 0.25) is 5.88 Å². The van der Waals surface area contributed by atoms with Gasteiger partial charge in [0, 0.05) is 18.3 Å². The first-order valence-corrected chi connectivity index (χ1v) is 7.08. The molecule has 1 heterocycles. The quantitative estimate of drug-likeness (QED) is 0.677. The molecule has 0 fully saturated rings. The number of unbranched alkanes of at least 4 members (excludes halogenated alkanes) is 5. The highest BCUT2D eigenvalue weighted by Crippen LogP contribution is 2.13. The normalized spacial score (nSPS) is 12.4. The van der Waals surface area contributed by atoms with Gasteiger partial charge >= 0.3 is 0 Å². The fraction of sp³-hybridized carbons (Fsp3) is 0.667. The van der Waals surface area contributed by atoms with Crippen molar-refractivity contribution < 1.29 is 4.74 Å². The summed E-state index contributed by atoms with van der Waals surface area (Å²) in [5.41, 5.74) is 6.81. The van der Waals surface area contributed by atoms with Gasteiger partial charge in [0.15, 0.2) is 0 Å². The van der Waals surface area contributed by atoms with Crippen LogP contribution in [-0.4, -0.2) is 11.6 Å².